The average molecular weight is 421 g/mol. The van der Waals surface area contributed by atoms with E-state index in [0.717, 1.165) is 31.0 Å². The molecule has 3 aromatic rings. The molecule has 2 heterocycles. The molecule has 4 rings (SSSR count). The van der Waals surface area contributed by atoms with Gasteiger partial charge >= 0.3 is 0 Å². The highest BCUT2D eigenvalue weighted by Gasteiger charge is 2.14. The highest BCUT2D eigenvalue weighted by Crippen LogP contribution is 2.29. The summed E-state index contributed by atoms with van der Waals surface area (Å²) in [4.78, 5) is 10.1. The molecule has 0 saturated carbocycles. The van der Waals surface area contributed by atoms with Gasteiger partial charge in [0.15, 0.2) is 4.99 Å². The van der Waals surface area contributed by atoms with E-state index in [2.05, 4.69) is 32.0 Å². The van der Waals surface area contributed by atoms with E-state index < -0.39 is 0 Å². The van der Waals surface area contributed by atoms with E-state index >= 15 is 0 Å². The lowest BCUT2D eigenvalue weighted by atomic mass is 10.1. The minimum atomic E-state index is -0.329. The van der Waals surface area contributed by atoms with Crippen LogP contribution in [0.25, 0.3) is 11.4 Å². The smallest absolute Gasteiger partial charge is 0.155 e. The molecule has 0 spiro atoms. The van der Waals surface area contributed by atoms with Gasteiger partial charge in [-0.1, -0.05) is 24.2 Å². The van der Waals surface area contributed by atoms with Crippen LogP contribution >= 0.6 is 12.2 Å². The highest BCUT2D eigenvalue weighted by molar-refractivity contribution is 7.81. The Bertz CT molecular complexity index is 1080. The summed E-state index contributed by atoms with van der Waals surface area (Å²) >= 11 is 5.39. The molecule has 0 unspecified atom stereocenters. The largest absolute Gasteiger partial charge is 0.490 e. The van der Waals surface area contributed by atoms with Crippen molar-refractivity contribution in [3.05, 3.63) is 66.2 Å². The molecule has 0 aliphatic carbocycles. The zero-order valence-corrected chi connectivity index (χ0v) is 17.1. The molecule has 0 atom stereocenters. The van der Waals surface area contributed by atoms with Crippen molar-refractivity contribution >= 4 is 22.9 Å². The summed E-state index contributed by atoms with van der Waals surface area (Å²) in [6, 6.07) is 11.9. The SMILES string of the molecule is Fc1cccc(C#CC(=S)Nc2cc(-c3ncc[nH]3)ccc2OCCN2CCC2)c1. The molecule has 2 N–H and O–H groups in total. The number of aromatic nitrogens is 2. The van der Waals surface area contributed by atoms with E-state index in [1.165, 1.54) is 18.6 Å². The van der Waals surface area contributed by atoms with Gasteiger partial charge in [0.2, 0.25) is 0 Å². The summed E-state index contributed by atoms with van der Waals surface area (Å²) < 4.78 is 19.3. The molecule has 0 bridgehead atoms. The van der Waals surface area contributed by atoms with E-state index in [4.69, 9.17) is 17.0 Å². The summed E-state index contributed by atoms with van der Waals surface area (Å²) in [5, 5.41) is 3.15. The number of hydrogen-bond donors (Lipinski definition) is 2. The lowest BCUT2D eigenvalue weighted by molar-refractivity contribution is 0.147. The number of halogens is 1. The van der Waals surface area contributed by atoms with Crippen LogP contribution in [-0.4, -0.2) is 46.1 Å². The molecule has 5 nitrogen and oxygen atoms in total. The molecule has 7 heteroatoms. The number of rotatable bonds is 6. The van der Waals surface area contributed by atoms with Gasteiger partial charge in [-0.25, -0.2) is 9.37 Å². The van der Waals surface area contributed by atoms with Gasteiger partial charge in [0.05, 0.1) is 5.69 Å². The number of aromatic amines is 1. The number of nitrogens with one attached hydrogen (secondary N) is 2. The van der Waals surface area contributed by atoms with Crippen molar-refractivity contribution in [1.29, 1.82) is 0 Å². The molecule has 30 heavy (non-hydrogen) atoms. The minimum Gasteiger partial charge on any atom is -0.490 e. The molecule has 1 aliphatic rings. The third kappa shape index (κ3) is 5.23. The average Bonchev–Trinajstić information content (AvgIpc) is 3.24. The molecular formula is C23H21FN4OS. The van der Waals surface area contributed by atoms with Crippen LogP contribution in [0.4, 0.5) is 10.1 Å². The first-order valence-electron chi connectivity index (χ1n) is 9.75. The van der Waals surface area contributed by atoms with Gasteiger partial charge in [0.1, 0.15) is 24.0 Å². The number of H-pyrrole nitrogens is 1. The summed E-state index contributed by atoms with van der Waals surface area (Å²) in [5.74, 6) is 6.86. The second-order valence-corrected chi connectivity index (χ2v) is 7.32. The zero-order chi connectivity index (χ0) is 20.8. The maximum atomic E-state index is 13.3. The molecule has 1 saturated heterocycles. The van der Waals surface area contributed by atoms with Gasteiger partial charge in [-0.2, -0.15) is 0 Å². The Morgan fingerprint density at radius 2 is 2.17 bits per heavy atom. The lowest BCUT2D eigenvalue weighted by Crippen LogP contribution is -2.39. The van der Waals surface area contributed by atoms with Gasteiger partial charge in [-0.15, -0.1) is 0 Å². The molecule has 2 aromatic carbocycles. The maximum absolute atomic E-state index is 13.3. The van der Waals surface area contributed by atoms with E-state index in [1.807, 2.05) is 18.2 Å². The number of nitrogens with zero attached hydrogens (tertiary/aromatic N) is 2. The quantitative estimate of drug-likeness (QED) is 0.465. The number of imidazole rings is 1. The normalized spacial score (nSPS) is 13.1. The summed E-state index contributed by atoms with van der Waals surface area (Å²) in [6.07, 6.45) is 4.73. The van der Waals surface area contributed by atoms with Crippen LogP contribution in [-0.2, 0) is 0 Å². The molecule has 1 fully saturated rings. The van der Waals surface area contributed by atoms with E-state index in [-0.39, 0.29) is 5.82 Å². The van der Waals surface area contributed by atoms with Crippen molar-refractivity contribution in [2.45, 2.75) is 6.42 Å². The Kier molecular flexibility index (Phi) is 6.38. The molecule has 1 aliphatic heterocycles. The Morgan fingerprint density at radius 1 is 1.27 bits per heavy atom. The molecule has 0 amide bonds. The standard InChI is InChI=1S/C23H21FN4OS/c24-19-4-1-3-17(15-19)5-8-22(30)27-20-16-18(23-25-9-10-26-23)6-7-21(20)29-14-13-28-11-2-12-28/h1,3-4,6-7,9-10,15-16H,2,11-14H2,(H,25,26)(H,27,30). The number of ether oxygens (including phenoxy) is 1. The van der Waals surface area contributed by atoms with Crippen molar-refractivity contribution in [1.82, 2.24) is 14.9 Å². The third-order valence-electron chi connectivity index (χ3n) is 4.76. The van der Waals surface area contributed by atoms with E-state index in [0.29, 0.717) is 28.6 Å². The van der Waals surface area contributed by atoms with Gasteiger partial charge in [0.25, 0.3) is 0 Å². The first kappa shape index (κ1) is 20.1. The first-order valence-corrected chi connectivity index (χ1v) is 10.2. The Hall–Kier alpha value is -3.21. The van der Waals surface area contributed by atoms with Crippen LogP contribution in [0.3, 0.4) is 0 Å². The van der Waals surface area contributed by atoms with E-state index in [1.54, 1.807) is 24.5 Å². The number of hydrogen-bond acceptors (Lipinski definition) is 4. The second-order valence-electron chi connectivity index (χ2n) is 6.91. The molecular weight excluding hydrogens is 399 g/mol. The summed E-state index contributed by atoms with van der Waals surface area (Å²) in [7, 11) is 0. The molecule has 0 radical (unpaired) electrons. The van der Waals surface area contributed by atoms with Crippen molar-refractivity contribution in [3.8, 4) is 29.0 Å². The van der Waals surface area contributed by atoms with Crippen LogP contribution in [0, 0.1) is 17.7 Å². The van der Waals surface area contributed by atoms with Crippen molar-refractivity contribution in [2.24, 2.45) is 0 Å². The van der Waals surface area contributed by atoms with Crippen molar-refractivity contribution < 1.29 is 9.13 Å². The monoisotopic (exact) mass is 420 g/mol. The molecule has 152 valence electrons. The van der Waals surface area contributed by atoms with Crippen molar-refractivity contribution in [2.75, 3.05) is 31.6 Å². The summed E-state index contributed by atoms with van der Waals surface area (Å²) in [5.41, 5.74) is 2.18. The maximum Gasteiger partial charge on any atom is 0.155 e. The van der Waals surface area contributed by atoms with Crippen LogP contribution in [0.15, 0.2) is 54.9 Å². The zero-order valence-electron chi connectivity index (χ0n) is 16.3. The van der Waals surface area contributed by atoms with Gasteiger partial charge in [-0.05, 0) is 61.8 Å². The Balaban J connectivity index is 1.50. The van der Waals surface area contributed by atoms with Gasteiger partial charge < -0.3 is 15.0 Å². The minimum absolute atomic E-state index is 0.323. The van der Waals surface area contributed by atoms with Crippen LogP contribution < -0.4 is 10.1 Å². The number of benzene rings is 2. The fraction of sp³-hybridized carbons (Fsp3) is 0.217. The van der Waals surface area contributed by atoms with Gasteiger partial charge in [-0.3, -0.25) is 4.90 Å². The topological polar surface area (TPSA) is 53.2 Å². The Labute approximate surface area is 180 Å². The second kappa shape index (κ2) is 9.53. The van der Waals surface area contributed by atoms with Crippen LogP contribution in [0.5, 0.6) is 5.75 Å². The molecule has 1 aromatic heterocycles. The fourth-order valence-electron chi connectivity index (χ4n) is 3.06. The number of likely N-dealkylation sites (tertiary alicyclic amines) is 1. The van der Waals surface area contributed by atoms with Crippen LogP contribution in [0.1, 0.15) is 12.0 Å². The first-order chi connectivity index (χ1) is 14.7. The fourth-order valence-corrected chi connectivity index (χ4v) is 3.22. The number of anilines is 1. The Morgan fingerprint density at radius 3 is 2.90 bits per heavy atom. The van der Waals surface area contributed by atoms with Crippen molar-refractivity contribution in [3.63, 3.8) is 0 Å². The number of thiocarbonyl (C=S) groups is 1. The summed E-state index contributed by atoms with van der Waals surface area (Å²) in [6.45, 7) is 3.75. The van der Waals surface area contributed by atoms with Gasteiger partial charge in [0, 0.05) is 30.1 Å². The van der Waals surface area contributed by atoms with E-state index in [9.17, 15) is 4.39 Å². The highest BCUT2D eigenvalue weighted by atomic mass is 32.1. The predicted molar refractivity (Wildman–Crippen MR) is 120 cm³/mol. The predicted octanol–water partition coefficient (Wildman–Crippen LogP) is 4.09. The lowest BCUT2D eigenvalue weighted by Gasteiger charge is -2.30. The third-order valence-corrected chi connectivity index (χ3v) is 4.96. The van der Waals surface area contributed by atoms with Crippen LogP contribution in [0.2, 0.25) is 0 Å².